The van der Waals surface area contributed by atoms with Gasteiger partial charge in [-0.15, -0.1) is 0 Å². The molecule has 0 bridgehead atoms. The van der Waals surface area contributed by atoms with Crippen LogP contribution in [0.2, 0.25) is 10.0 Å². The van der Waals surface area contributed by atoms with Crippen molar-refractivity contribution in [2.24, 2.45) is 0 Å². The van der Waals surface area contributed by atoms with Crippen molar-refractivity contribution in [3.63, 3.8) is 0 Å². The predicted octanol–water partition coefficient (Wildman–Crippen LogP) is 5.89. The second-order valence-electron chi connectivity index (χ2n) is 9.14. The number of carbonyl (C=O) groups is 1. The van der Waals surface area contributed by atoms with E-state index in [0.717, 1.165) is 0 Å². The standard InChI is InChI=1S/C27H24Cl2FN5O4/c1-27(2,39-5)35-22-20(32-23(35)16-13-31-26(38-4)33-24(16)37-3)25(36)34(18-8-6-7-17(29)19(18)30)21(22)14-9-11-15(28)12-10-14/h6-13,21H,1-5H3. The number of amides is 1. The lowest BCUT2D eigenvalue weighted by Gasteiger charge is -2.33. The molecule has 12 heteroatoms. The summed E-state index contributed by atoms with van der Waals surface area (Å²) in [5, 5.41) is 0.399. The van der Waals surface area contributed by atoms with E-state index in [-0.39, 0.29) is 28.3 Å². The Morgan fingerprint density at radius 1 is 1.00 bits per heavy atom. The fourth-order valence-electron chi connectivity index (χ4n) is 4.65. The molecule has 1 unspecified atom stereocenters. The molecule has 202 valence electrons. The number of imidazole rings is 1. The van der Waals surface area contributed by atoms with E-state index in [1.165, 1.54) is 37.4 Å². The van der Waals surface area contributed by atoms with Gasteiger partial charge in [0.25, 0.3) is 5.91 Å². The molecule has 1 aliphatic heterocycles. The van der Waals surface area contributed by atoms with Crippen molar-refractivity contribution in [2.75, 3.05) is 26.2 Å². The fraction of sp³-hybridized carbons (Fsp3) is 0.259. The van der Waals surface area contributed by atoms with Crippen LogP contribution in [-0.2, 0) is 10.5 Å². The second-order valence-corrected chi connectivity index (χ2v) is 9.98. The Kier molecular flexibility index (Phi) is 6.96. The number of methoxy groups -OCH3 is 3. The van der Waals surface area contributed by atoms with Gasteiger partial charge in [-0.05, 0) is 43.7 Å². The van der Waals surface area contributed by atoms with E-state index in [9.17, 15) is 4.79 Å². The number of aromatic nitrogens is 4. The van der Waals surface area contributed by atoms with Crippen molar-refractivity contribution in [2.45, 2.75) is 25.6 Å². The molecule has 1 atom stereocenters. The lowest BCUT2D eigenvalue weighted by molar-refractivity contribution is -0.0458. The number of fused-ring (bicyclic) bond motifs is 1. The zero-order chi connectivity index (χ0) is 28.1. The van der Waals surface area contributed by atoms with Crippen LogP contribution in [0.5, 0.6) is 11.9 Å². The van der Waals surface area contributed by atoms with Crippen LogP contribution in [-0.4, -0.2) is 46.8 Å². The minimum absolute atomic E-state index is 0.0131. The van der Waals surface area contributed by atoms with Crippen LogP contribution in [0, 0.1) is 5.82 Å². The first kappa shape index (κ1) is 26.9. The summed E-state index contributed by atoms with van der Waals surface area (Å²) in [6.45, 7) is 3.64. The van der Waals surface area contributed by atoms with Crippen molar-refractivity contribution in [1.29, 1.82) is 0 Å². The van der Waals surface area contributed by atoms with E-state index in [1.54, 1.807) is 42.0 Å². The van der Waals surface area contributed by atoms with E-state index in [0.29, 0.717) is 27.7 Å². The van der Waals surface area contributed by atoms with Crippen LogP contribution in [0.15, 0.2) is 48.7 Å². The van der Waals surface area contributed by atoms with Gasteiger partial charge in [-0.1, -0.05) is 41.4 Å². The Morgan fingerprint density at radius 3 is 2.36 bits per heavy atom. The summed E-state index contributed by atoms with van der Waals surface area (Å²) in [5.41, 5.74) is 0.631. The van der Waals surface area contributed by atoms with Gasteiger partial charge in [0.1, 0.15) is 11.8 Å². The van der Waals surface area contributed by atoms with E-state index in [2.05, 4.69) is 9.97 Å². The van der Waals surface area contributed by atoms with Gasteiger partial charge in [0.05, 0.1) is 36.2 Å². The first-order valence-electron chi connectivity index (χ1n) is 11.8. The molecule has 0 aliphatic carbocycles. The van der Waals surface area contributed by atoms with Crippen LogP contribution in [0.3, 0.4) is 0 Å². The summed E-state index contributed by atoms with van der Waals surface area (Å²) in [7, 11) is 4.44. The molecule has 2 aromatic carbocycles. The average molecular weight is 572 g/mol. The second kappa shape index (κ2) is 10.1. The molecular formula is C27H24Cl2FN5O4. The van der Waals surface area contributed by atoms with E-state index < -0.39 is 23.5 Å². The van der Waals surface area contributed by atoms with E-state index in [1.807, 2.05) is 13.8 Å². The first-order valence-corrected chi connectivity index (χ1v) is 12.5. The molecule has 3 heterocycles. The van der Waals surface area contributed by atoms with Gasteiger partial charge in [0, 0.05) is 18.3 Å². The molecule has 0 N–H and O–H groups in total. The third-order valence-corrected chi connectivity index (χ3v) is 7.16. The molecule has 0 fully saturated rings. The van der Waals surface area contributed by atoms with E-state index in [4.69, 9.17) is 42.4 Å². The Labute approximate surface area is 234 Å². The van der Waals surface area contributed by atoms with Crippen molar-refractivity contribution in [1.82, 2.24) is 19.5 Å². The minimum Gasteiger partial charge on any atom is -0.480 e. The summed E-state index contributed by atoms with van der Waals surface area (Å²) >= 11 is 12.3. The molecular weight excluding hydrogens is 548 g/mol. The summed E-state index contributed by atoms with van der Waals surface area (Å²) in [6.07, 6.45) is 1.50. The minimum atomic E-state index is -1.03. The van der Waals surface area contributed by atoms with Gasteiger partial charge in [-0.25, -0.2) is 14.4 Å². The topological polar surface area (TPSA) is 91.6 Å². The number of anilines is 1. The summed E-state index contributed by atoms with van der Waals surface area (Å²) in [4.78, 5) is 28.7. The third-order valence-electron chi connectivity index (χ3n) is 6.61. The Bertz CT molecular complexity index is 1580. The van der Waals surface area contributed by atoms with Crippen LogP contribution in [0.25, 0.3) is 11.4 Å². The smallest absolute Gasteiger partial charge is 0.319 e. The summed E-state index contributed by atoms with van der Waals surface area (Å²) in [5.74, 6) is -0.733. The van der Waals surface area contributed by atoms with Gasteiger partial charge in [0.15, 0.2) is 17.3 Å². The number of halogens is 3. The Morgan fingerprint density at radius 2 is 1.72 bits per heavy atom. The third kappa shape index (κ3) is 4.38. The molecule has 39 heavy (non-hydrogen) atoms. The van der Waals surface area contributed by atoms with Crippen molar-refractivity contribution in [3.8, 4) is 23.3 Å². The van der Waals surface area contributed by atoms with Gasteiger partial charge >= 0.3 is 6.01 Å². The molecule has 9 nitrogen and oxygen atoms in total. The molecule has 1 amide bonds. The fourth-order valence-corrected chi connectivity index (χ4v) is 4.95. The zero-order valence-corrected chi connectivity index (χ0v) is 23.2. The zero-order valence-electron chi connectivity index (χ0n) is 21.7. The number of hydrogen-bond acceptors (Lipinski definition) is 7. The van der Waals surface area contributed by atoms with Crippen molar-refractivity contribution < 1.29 is 23.4 Å². The lowest BCUT2D eigenvalue weighted by Crippen LogP contribution is -2.35. The number of carbonyl (C=O) groups excluding carboxylic acids is 1. The first-order chi connectivity index (χ1) is 18.6. The molecule has 0 saturated carbocycles. The summed E-state index contributed by atoms with van der Waals surface area (Å²) in [6, 6.07) is 10.8. The van der Waals surface area contributed by atoms with Gasteiger partial charge in [-0.2, -0.15) is 4.98 Å². The highest BCUT2D eigenvalue weighted by atomic mass is 35.5. The Hall–Kier alpha value is -3.73. The predicted molar refractivity (Wildman–Crippen MR) is 144 cm³/mol. The van der Waals surface area contributed by atoms with Crippen LogP contribution in [0.1, 0.15) is 41.6 Å². The molecule has 0 spiro atoms. The molecule has 4 aromatic rings. The molecule has 5 rings (SSSR count). The Balaban J connectivity index is 1.84. The number of hydrogen-bond donors (Lipinski definition) is 0. The van der Waals surface area contributed by atoms with Crippen molar-refractivity contribution in [3.05, 3.63) is 81.5 Å². The number of benzene rings is 2. The molecule has 0 saturated heterocycles. The molecule has 1 aliphatic rings. The maximum Gasteiger partial charge on any atom is 0.319 e. The van der Waals surface area contributed by atoms with Gasteiger partial charge < -0.3 is 14.2 Å². The van der Waals surface area contributed by atoms with E-state index >= 15 is 4.39 Å². The SMILES string of the molecule is COc1ncc(-c2nc3c(n2C(C)(C)OC)C(c2ccc(Cl)cc2)N(c2cccc(Cl)c2F)C3=O)c(OC)n1. The largest absolute Gasteiger partial charge is 0.480 e. The maximum atomic E-state index is 15.4. The summed E-state index contributed by atoms with van der Waals surface area (Å²) < 4.78 is 33.7. The van der Waals surface area contributed by atoms with Crippen LogP contribution in [0.4, 0.5) is 10.1 Å². The number of ether oxygens (including phenoxy) is 3. The van der Waals surface area contributed by atoms with Gasteiger partial charge in [0.2, 0.25) is 5.88 Å². The molecule has 0 radical (unpaired) electrons. The highest BCUT2D eigenvalue weighted by molar-refractivity contribution is 6.31. The van der Waals surface area contributed by atoms with Crippen LogP contribution < -0.4 is 14.4 Å². The maximum absolute atomic E-state index is 15.4. The van der Waals surface area contributed by atoms with Crippen molar-refractivity contribution >= 4 is 34.8 Å². The number of rotatable bonds is 7. The lowest BCUT2D eigenvalue weighted by atomic mass is 10.0. The van der Waals surface area contributed by atoms with Gasteiger partial charge in [-0.3, -0.25) is 14.3 Å². The average Bonchev–Trinajstić information content (AvgIpc) is 3.46. The highest BCUT2D eigenvalue weighted by Gasteiger charge is 2.48. The monoisotopic (exact) mass is 571 g/mol. The quantitative estimate of drug-likeness (QED) is 0.273. The highest BCUT2D eigenvalue weighted by Crippen LogP contribution is 2.47. The van der Waals surface area contributed by atoms with Crippen LogP contribution >= 0.6 is 23.2 Å². The number of nitrogens with zero attached hydrogens (tertiary/aromatic N) is 5. The molecule has 2 aromatic heterocycles. The normalized spacial score (nSPS) is 15.0.